The maximum atomic E-state index is 12.4. The van der Waals surface area contributed by atoms with Crippen LogP contribution in [0.5, 0.6) is 0 Å². The van der Waals surface area contributed by atoms with Crippen molar-refractivity contribution in [3.05, 3.63) is 33.7 Å². The van der Waals surface area contributed by atoms with E-state index in [0.717, 1.165) is 12.1 Å². The summed E-state index contributed by atoms with van der Waals surface area (Å²) in [5.41, 5.74) is -0.0219. The van der Waals surface area contributed by atoms with E-state index >= 15 is 0 Å². The topological polar surface area (TPSA) is 46.5 Å². The van der Waals surface area contributed by atoms with Crippen LogP contribution in [0, 0.1) is 11.0 Å². The zero-order valence-corrected chi connectivity index (χ0v) is 6.88. The van der Waals surface area contributed by atoms with Crippen LogP contribution >= 0.6 is 15.9 Å². The van der Waals surface area contributed by atoms with Crippen molar-refractivity contribution in [1.82, 2.24) is 0 Å². The Kier molecular flexibility index (Phi) is 2.43. The molecule has 0 radical (unpaired) electrons. The second-order valence-electron chi connectivity index (χ2n) is 1.87. The molecule has 1 N–H and O–H groups in total. The molecular weight excluding hydrogens is 217 g/mol. The molecule has 0 aromatic heterocycles. The Balaban J connectivity index is 3.09. The first-order chi connectivity index (χ1) is 5.11. The van der Waals surface area contributed by atoms with Crippen LogP contribution in [0.1, 0.15) is 0 Å². The van der Waals surface area contributed by atoms with Crippen molar-refractivity contribution in [2.24, 2.45) is 0 Å². The molecule has 11 heavy (non-hydrogen) atoms. The van der Waals surface area contributed by atoms with Crippen molar-refractivity contribution in [1.29, 1.82) is 0 Å². The summed E-state index contributed by atoms with van der Waals surface area (Å²) in [5.74, 6) is -0.470. The Labute approximate surface area is 70.7 Å². The van der Waals surface area contributed by atoms with E-state index in [1.54, 1.807) is 0 Å². The predicted octanol–water partition coefficient (Wildman–Crippen LogP) is 2.28. The standard InChI is InChI=1S/C6H4BrFNO2/c7-5-3-4(8)1-2-6(5)9(10)11/h1-3,10H/q-1. The molecule has 0 aliphatic carbocycles. The normalized spacial score (nSPS) is 9.82. The van der Waals surface area contributed by atoms with Gasteiger partial charge in [0.1, 0.15) is 5.82 Å². The van der Waals surface area contributed by atoms with Gasteiger partial charge in [-0.2, -0.15) is 0 Å². The van der Waals surface area contributed by atoms with Crippen molar-refractivity contribution in [3.63, 3.8) is 0 Å². The average molecular weight is 221 g/mol. The summed E-state index contributed by atoms with van der Waals surface area (Å²) in [4.78, 5) is 0. The molecule has 0 bridgehead atoms. The number of anilines is 1. The van der Waals surface area contributed by atoms with Gasteiger partial charge in [-0.05, 0) is 34.1 Å². The van der Waals surface area contributed by atoms with Crippen LogP contribution in [0.2, 0.25) is 0 Å². The summed E-state index contributed by atoms with van der Waals surface area (Å²) in [6.07, 6.45) is 0. The number of hydrogen-bond acceptors (Lipinski definition) is 3. The average Bonchev–Trinajstić information content (AvgIpc) is 1.85. The van der Waals surface area contributed by atoms with E-state index in [0.29, 0.717) is 0 Å². The zero-order chi connectivity index (χ0) is 8.43. The molecule has 0 amide bonds. The summed E-state index contributed by atoms with van der Waals surface area (Å²) < 4.78 is 12.6. The lowest BCUT2D eigenvalue weighted by molar-refractivity contribution is 0.296. The van der Waals surface area contributed by atoms with Gasteiger partial charge in [0.25, 0.3) is 0 Å². The van der Waals surface area contributed by atoms with E-state index < -0.39 is 5.82 Å². The highest BCUT2D eigenvalue weighted by Gasteiger charge is 2.00. The molecule has 3 nitrogen and oxygen atoms in total. The Hall–Kier alpha value is -0.650. The fourth-order valence-corrected chi connectivity index (χ4v) is 1.14. The molecule has 5 heteroatoms. The van der Waals surface area contributed by atoms with Crippen LogP contribution in [-0.4, -0.2) is 5.21 Å². The number of halogens is 2. The first-order valence-electron chi connectivity index (χ1n) is 2.72. The van der Waals surface area contributed by atoms with Gasteiger partial charge < -0.3 is 10.4 Å². The van der Waals surface area contributed by atoms with Crippen LogP contribution in [0.25, 0.3) is 0 Å². The highest BCUT2D eigenvalue weighted by molar-refractivity contribution is 9.10. The Morgan fingerprint density at radius 1 is 1.55 bits per heavy atom. The smallest absolute Gasteiger partial charge is 0.124 e. The predicted molar refractivity (Wildman–Crippen MR) is 41.7 cm³/mol. The monoisotopic (exact) mass is 220 g/mol. The molecule has 0 heterocycles. The Morgan fingerprint density at radius 2 is 2.18 bits per heavy atom. The molecule has 1 rings (SSSR count). The van der Waals surface area contributed by atoms with Gasteiger partial charge in [0.15, 0.2) is 0 Å². The minimum absolute atomic E-state index is 0.0219. The summed E-state index contributed by atoms with van der Waals surface area (Å²) in [6, 6.07) is 3.35. The van der Waals surface area contributed by atoms with Crippen LogP contribution < -0.4 is 5.23 Å². The van der Waals surface area contributed by atoms with Gasteiger partial charge >= 0.3 is 0 Å². The number of rotatable bonds is 1. The second kappa shape index (κ2) is 3.17. The van der Waals surface area contributed by atoms with E-state index in [-0.39, 0.29) is 15.4 Å². The van der Waals surface area contributed by atoms with Crippen molar-refractivity contribution in [2.75, 3.05) is 5.23 Å². The number of nitrogens with zero attached hydrogens (tertiary/aromatic N) is 1. The lowest BCUT2D eigenvalue weighted by atomic mass is 10.3. The van der Waals surface area contributed by atoms with Gasteiger partial charge in [-0.25, -0.2) is 4.39 Å². The molecule has 1 aromatic carbocycles. The van der Waals surface area contributed by atoms with Gasteiger partial charge in [-0.3, -0.25) is 5.21 Å². The summed E-state index contributed by atoms with van der Waals surface area (Å²) in [7, 11) is 0. The maximum Gasteiger partial charge on any atom is 0.124 e. The Morgan fingerprint density at radius 3 is 2.64 bits per heavy atom. The summed E-state index contributed by atoms with van der Waals surface area (Å²) in [5, 5.41) is 18.4. The van der Waals surface area contributed by atoms with Crippen LogP contribution in [0.4, 0.5) is 10.1 Å². The van der Waals surface area contributed by atoms with Gasteiger partial charge in [0.05, 0.1) is 5.69 Å². The van der Waals surface area contributed by atoms with E-state index in [1.165, 1.54) is 6.07 Å². The van der Waals surface area contributed by atoms with Crippen molar-refractivity contribution < 1.29 is 9.60 Å². The molecule has 1 aromatic rings. The lowest BCUT2D eigenvalue weighted by Crippen LogP contribution is -2.07. The van der Waals surface area contributed by atoms with Gasteiger partial charge in [-0.15, -0.1) is 0 Å². The number of hydrogen-bond donors (Lipinski definition) is 1. The fourth-order valence-electron chi connectivity index (χ4n) is 0.636. The third-order valence-corrected chi connectivity index (χ3v) is 1.75. The first-order valence-corrected chi connectivity index (χ1v) is 3.52. The molecule has 60 valence electrons. The SMILES string of the molecule is [O-]N(O)c1ccc(F)cc1Br. The highest BCUT2D eigenvalue weighted by Crippen LogP contribution is 2.24. The van der Waals surface area contributed by atoms with Crippen LogP contribution in [0.3, 0.4) is 0 Å². The first kappa shape index (κ1) is 8.45. The molecule has 0 fully saturated rings. The molecule has 0 saturated heterocycles. The Bertz CT molecular complexity index is 267. The third-order valence-electron chi connectivity index (χ3n) is 1.12. The molecular formula is C6H4BrFNO2-. The minimum atomic E-state index is -0.470. The van der Waals surface area contributed by atoms with Gasteiger partial charge in [0, 0.05) is 4.47 Å². The lowest BCUT2D eigenvalue weighted by Gasteiger charge is -2.22. The molecule has 0 aliphatic heterocycles. The van der Waals surface area contributed by atoms with Crippen LogP contribution in [0.15, 0.2) is 22.7 Å². The van der Waals surface area contributed by atoms with E-state index in [2.05, 4.69) is 15.9 Å². The van der Waals surface area contributed by atoms with Crippen molar-refractivity contribution >= 4 is 21.6 Å². The quantitative estimate of drug-likeness (QED) is 0.740. The third kappa shape index (κ3) is 1.89. The molecule has 0 unspecified atom stereocenters. The number of benzene rings is 1. The molecule has 0 spiro atoms. The van der Waals surface area contributed by atoms with Gasteiger partial charge in [-0.1, -0.05) is 0 Å². The summed E-state index contributed by atoms with van der Waals surface area (Å²) >= 11 is 2.91. The largest absolute Gasteiger partial charge is 0.733 e. The second-order valence-corrected chi connectivity index (χ2v) is 2.72. The molecule has 0 aliphatic rings. The van der Waals surface area contributed by atoms with Gasteiger partial charge in [0.2, 0.25) is 0 Å². The van der Waals surface area contributed by atoms with Crippen molar-refractivity contribution in [3.8, 4) is 0 Å². The minimum Gasteiger partial charge on any atom is -0.733 e. The fraction of sp³-hybridized carbons (Fsp3) is 0. The highest BCUT2D eigenvalue weighted by atomic mass is 79.9. The zero-order valence-electron chi connectivity index (χ0n) is 5.29. The molecule has 0 atom stereocenters. The van der Waals surface area contributed by atoms with E-state index in [1.807, 2.05) is 0 Å². The van der Waals surface area contributed by atoms with E-state index in [4.69, 9.17) is 5.21 Å². The molecule has 0 saturated carbocycles. The van der Waals surface area contributed by atoms with Crippen LogP contribution in [-0.2, 0) is 0 Å². The van der Waals surface area contributed by atoms with E-state index in [9.17, 15) is 9.60 Å². The maximum absolute atomic E-state index is 12.4. The van der Waals surface area contributed by atoms with Crippen molar-refractivity contribution in [2.45, 2.75) is 0 Å². The summed E-state index contributed by atoms with van der Waals surface area (Å²) in [6.45, 7) is 0.